The average Bonchev–Trinajstić information content (AvgIpc) is 3.28. The number of aromatic carboxylic acids is 1. The second-order valence-corrected chi connectivity index (χ2v) is 6.11. The van der Waals surface area contributed by atoms with E-state index in [2.05, 4.69) is 6.58 Å². The summed E-state index contributed by atoms with van der Waals surface area (Å²) in [5.74, 6) is -1.69. The Labute approximate surface area is 163 Å². The Kier molecular flexibility index (Phi) is 7.98. The first kappa shape index (κ1) is 21.4. The van der Waals surface area contributed by atoms with Crippen molar-refractivity contribution < 1.29 is 34.0 Å². The van der Waals surface area contributed by atoms with Crippen molar-refractivity contribution in [2.24, 2.45) is 0 Å². The van der Waals surface area contributed by atoms with Gasteiger partial charge in [-0.2, -0.15) is 0 Å². The Morgan fingerprint density at radius 2 is 2.04 bits per heavy atom. The van der Waals surface area contributed by atoms with Crippen LogP contribution >= 0.6 is 0 Å². The Hall–Kier alpha value is -2.90. The number of aromatic hydroxyl groups is 1. The van der Waals surface area contributed by atoms with Crippen LogP contribution in [0.2, 0.25) is 0 Å². The van der Waals surface area contributed by atoms with Crippen LogP contribution < -0.4 is 0 Å². The van der Waals surface area contributed by atoms with Gasteiger partial charge >= 0.3 is 11.9 Å². The summed E-state index contributed by atoms with van der Waals surface area (Å²) in [4.78, 5) is 22.2. The summed E-state index contributed by atoms with van der Waals surface area (Å²) < 4.78 is 16.5. The van der Waals surface area contributed by atoms with Crippen LogP contribution in [0.3, 0.4) is 0 Å². The molecule has 1 aromatic carbocycles. The second-order valence-electron chi connectivity index (χ2n) is 6.11. The van der Waals surface area contributed by atoms with Gasteiger partial charge in [0.25, 0.3) is 0 Å². The number of allylic oxidation sites excluding steroid dienone is 3. The number of phenols is 1. The fourth-order valence-electron chi connectivity index (χ4n) is 2.81. The summed E-state index contributed by atoms with van der Waals surface area (Å²) in [5, 5.41) is 17.3. The van der Waals surface area contributed by atoms with Gasteiger partial charge in [-0.15, -0.1) is 0 Å². The number of rotatable bonds is 5. The molecule has 2 aliphatic heterocycles. The first-order chi connectivity index (χ1) is 13.5. The largest absolute Gasteiger partial charge is 0.507 e. The van der Waals surface area contributed by atoms with Crippen molar-refractivity contribution in [2.45, 2.75) is 31.7 Å². The highest BCUT2D eigenvalue weighted by molar-refractivity contribution is 5.92. The Bertz CT molecular complexity index is 766. The maximum atomic E-state index is 11.9. The molecule has 2 saturated heterocycles. The normalized spacial score (nSPS) is 23.6. The lowest BCUT2D eigenvalue weighted by molar-refractivity contribution is -0.148. The van der Waals surface area contributed by atoms with Crippen molar-refractivity contribution in [1.29, 1.82) is 0 Å². The van der Waals surface area contributed by atoms with Crippen molar-refractivity contribution in [1.82, 2.24) is 0 Å². The number of carboxylic acids is 1. The summed E-state index contributed by atoms with van der Waals surface area (Å²) in [7, 11) is 0. The van der Waals surface area contributed by atoms with Crippen LogP contribution in [-0.4, -0.2) is 53.7 Å². The fraction of sp³-hybridized carbons (Fsp3) is 0.333. The molecule has 7 nitrogen and oxygen atoms in total. The monoisotopic (exact) mass is 388 g/mol. The maximum Gasteiger partial charge on any atom is 0.339 e. The molecule has 2 aliphatic rings. The number of carboxylic acid groups (broad SMARTS) is 1. The first-order valence-electron chi connectivity index (χ1n) is 8.88. The summed E-state index contributed by atoms with van der Waals surface area (Å²) in [6, 6.07) is 5.81. The Morgan fingerprint density at radius 1 is 1.29 bits per heavy atom. The highest BCUT2D eigenvalue weighted by Gasteiger charge is 2.44. The van der Waals surface area contributed by atoms with E-state index in [0.29, 0.717) is 18.8 Å². The number of hydrogen-bond acceptors (Lipinski definition) is 6. The third kappa shape index (κ3) is 5.55. The third-order valence-corrected chi connectivity index (χ3v) is 4.24. The quantitative estimate of drug-likeness (QED) is 0.454. The van der Waals surface area contributed by atoms with Gasteiger partial charge in [0.05, 0.1) is 18.3 Å². The van der Waals surface area contributed by atoms with Crippen LogP contribution in [0.15, 0.2) is 60.7 Å². The van der Waals surface area contributed by atoms with Gasteiger partial charge in [0.15, 0.2) is 6.10 Å². The summed E-state index contributed by atoms with van der Waals surface area (Å²) in [6.07, 6.45) is 7.32. The standard InChI is InChI=1S/C14H18O4.C7H6O3/c1-3-5-6-10(4-2)14(15)18-12-9-17-11-7-8-16-13(11)12;8-6-4-2-1-3-5(6)7(9)10/h3-6,11-13H,2,7-9H2,1H3;1-4,8H,(H,9,10)/b5-3-,10-6+;/t11-,12?,13+;/m1./s1. The number of ether oxygens (including phenoxy) is 3. The highest BCUT2D eigenvalue weighted by Crippen LogP contribution is 2.28. The van der Waals surface area contributed by atoms with Crippen LogP contribution in [0.4, 0.5) is 0 Å². The SMILES string of the molecule is C=C/C(=C\C=C/C)C(=O)OC1CO[C@@H]2CCO[C@H]12.O=C(O)c1ccccc1O. The lowest BCUT2D eigenvalue weighted by atomic mass is 10.1. The van der Waals surface area contributed by atoms with Crippen LogP contribution in [0.1, 0.15) is 23.7 Å². The molecule has 0 radical (unpaired) electrons. The van der Waals surface area contributed by atoms with E-state index in [4.69, 9.17) is 24.4 Å². The van der Waals surface area contributed by atoms with Crippen molar-refractivity contribution in [2.75, 3.05) is 13.2 Å². The number of esters is 1. The summed E-state index contributed by atoms with van der Waals surface area (Å²) >= 11 is 0. The molecule has 150 valence electrons. The van der Waals surface area contributed by atoms with Crippen molar-refractivity contribution in [3.63, 3.8) is 0 Å². The topological polar surface area (TPSA) is 102 Å². The molecule has 0 saturated carbocycles. The molecular formula is C21H24O7. The average molecular weight is 388 g/mol. The second kappa shape index (κ2) is 10.4. The minimum atomic E-state index is -1.11. The van der Waals surface area contributed by atoms with E-state index in [1.165, 1.54) is 18.2 Å². The predicted molar refractivity (Wildman–Crippen MR) is 102 cm³/mol. The molecule has 1 aromatic rings. The van der Waals surface area contributed by atoms with E-state index in [1.807, 2.05) is 13.0 Å². The fourth-order valence-corrected chi connectivity index (χ4v) is 2.81. The highest BCUT2D eigenvalue weighted by atomic mass is 16.6. The molecule has 0 aliphatic carbocycles. The minimum Gasteiger partial charge on any atom is -0.507 e. The predicted octanol–water partition coefficient (Wildman–Crippen LogP) is 2.86. The number of benzene rings is 1. The summed E-state index contributed by atoms with van der Waals surface area (Å²) in [6.45, 7) is 6.57. The number of para-hydroxylation sites is 1. The van der Waals surface area contributed by atoms with Gasteiger partial charge < -0.3 is 24.4 Å². The zero-order chi connectivity index (χ0) is 20.5. The first-order valence-corrected chi connectivity index (χ1v) is 8.88. The number of fused-ring (bicyclic) bond motifs is 1. The third-order valence-electron chi connectivity index (χ3n) is 4.24. The molecule has 3 rings (SSSR count). The maximum absolute atomic E-state index is 11.9. The molecule has 7 heteroatoms. The van der Waals surface area contributed by atoms with Gasteiger partial charge in [-0.25, -0.2) is 9.59 Å². The van der Waals surface area contributed by atoms with E-state index in [-0.39, 0.29) is 35.6 Å². The lowest BCUT2D eigenvalue weighted by Gasteiger charge is -2.16. The van der Waals surface area contributed by atoms with Gasteiger partial charge in [0.2, 0.25) is 0 Å². The molecule has 2 N–H and O–H groups in total. The molecule has 0 bridgehead atoms. The van der Waals surface area contributed by atoms with Crippen molar-refractivity contribution >= 4 is 11.9 Å². The zero-order valence-corrected chi connectivity index (χ0v) is 15.6. The zero-order valence-electron chi connectivity index (χ0n) is 15.6. The summed E-state index contributed by atoms with van der Waals surface area (Å²) in [5.41, 5.74) is 0.372. The smallest absolute Gasteiger partial charge is 0.339 e. The number of carbonyl (C=O) groups excluding carboxylic acids is 1. The van der Waals surface area contributed by atoms with E-state index < -0.39 is 5.97 Å². The van der Waals surface area contributed by atoms with Crippen LogP contribution in [0, 0.1) is 0 Å². The van der Waals surface area contributed by atoms with Crippen molar-refractivity contribution in [3.8, 4) is 5.75 Å². The van der Waals surface area contributed by atoms with Gasteiger partial charge in [-0.1, -0.05) is 36.9 Å². The van der Waals surface area contributed by atoms with Gasteiger partial charge in [-0.3, -0.25) is 0 Å². The van der Waals surface area contributed by atoms with Crippen LogP contribution in [0.5, 0.6) is 5.75 Å². The molecule has 0 aromatic heterocycles. The Balaban J connectivity index is 0.000000237. The van der Waals surface area contributed by atoms with Crippen LogP contribution in [-0.2, 0) is 19.0 Å². The molecule has 2 heterocycles. The molecular weight excluding hydrogens is 364 g/mol. The molecule has 0 spiro atoms. The van der Waals surface area contributed by atoms with Gasteiger partial charge in [-0.05, 0) is 31.6 Å². The van der Waals surface area contributed by atoms with E-state index in [0.717, 1.165) is 6.42 Å². The van der Waals surface area contributed by atoms with E-state index in [9.17, 15) is 9.59 Å². The minimum absolute atomic E-state index is 0.0671. The number of hydrogen-bond donors (Lipinski definition) is 2. The molecule has 0 amide bonds. The van der Waals surface area contributed by atoms with E-state index in [1.54, 1.807) is 24.3 Å². The van der Waals surface area contributed by atoms with Crippen molar-refractivity contribution in [3.05, 3.63) is 66.3 Å². The molecule has 1 unspecified atom stereocenters. The molecule has 28 heavy (non-hydrogen) atoms. The Morgan fingerprint density at radius 3 is 2.64 bits per heavy atom. The van der Waals surface area contributed by atoms with Crippen LogP contribution in [0.25, 0.3) is 0 Å². The molecule has 3 atom stereocenters. The lowest BCUT2D eigenvalue weighted by Crippen LogP contribution is -2.32. The molecule has 2 fully saturated rings. The van der Waals surface area contributed by atoms with E-state index >= 15 is 0 Å². The van der Waals surface area contributed by atoms with Gasteiger partial charge in [0, 0.05) is 6.61 Å². The van der Waals surface area contributed by atoms with Gasteiger partial charge in [0.1, 0.15) is 17.4 Å². The number of carbonyl (C=O) groups is 2.